The number of piperidine rings is 1. The molecule has 1 aliphatic heterocycles. The molecular formula is C18H20BrN3O. The van der Waals surface area contributed by atoms with Gasteiger partial charge in [0, 0.05) is 28.8 Å². The van der Waals surface area contributed by atoms with E-state index in [4.69, 9.17) is 0 Å². The van der Waals surface area contributed by atoms with Crippen LogP contribution in [0.25, 0.3) is 0 Å². The van der Waals surface area contributed by atoms with E-state index in [9.17, 15) is 4.79 Å². The average Bonchev–Trinajstić information content (AvgIpc) is 2.58. The molecule has 1 saturated heterocycles. The van der Waals surface area contributed by atoms with Crippen molar-refractivity contribution in [3.8, 4) is 0 Å². The molecular weight excluding hydrogens is 354 g/mol. The molecule has 23 heavy (non-hydrogen) atoms. The molecule has 5 heteroatoms. The van der Waals surface area contributed by atoms with Crippen LogP contribution >= 0.6 is 15.9 Å². The third-order valence-electron chi connectivity index (χ3n) is 4.18. The van der Waals surface area contributed by atoms with E-state index in [1.54, 1.807) is 0 Å². The molecule has 0 unspecified atom stereocenters. The number of hydrogen-bond donors (Lipinski definition) is 1. The second-order valence-corrected chi connectivity index (χ2v) is 6.78. The van der Waals surface area contributed by atoms with Crippen LogP contribution in [-0.2, 0) is 11.3 Å². The number of anilines is 1. The number of nitrogens with zero attached hydrogens (tertiary/aromatic N) is 2. The van der Waals surface area contributed by atoms with Crippen molar-refractivity contribution in [2.45, 2.75) is 19.4 Å². The molecule has 1 fully saturated rings. The maximum Gasteiger partial charge on any atom is 0.227 e. The van der Waals surface area contributed by atoms with Gasteiger partial charge in [-0.1, -0.05) is 22.0 Å². The van der Waals surface area contributed by atoms with Gasteiger partial charge < -0.3 is 5.32 Å². The summed E-state index contributed by atoms with van der Waals surface area (Å²) in [6.45, 7) is 2.74. The van der Waals surface area contributed by atoms with Gasteiger partial charge in [-0.2, -0.15) is 0 Å². The number of nitrogens with one attached hydrogen (secondary N) is 1. The fourth-order valence-electron chi connectivity index (χ4n) is 2.85. The van der Waals surface area contributed by atoms with E-state index >= 15 is 0 Å². The van der Waals surface area contributed by atoms with E-state index in [0.29, 0.717) is 0 Å². The molecule has 4 nitrogen and oxygen atoms in total. The number of carbonyl (C=O) groups is 1. The summed E-state index contributed by atoms with van der Waals surface area (Å²) in [6, 6.07) is 13.7. The Morgan fingerprint density at radius 2 is 1.91 bits per heavy atom. The minimum atomic E-state index is 0.0960. The number of benzene rings is 1. The van der Waals surface area contributed by atoms with Crippen molar-refractivity contribution < 1.29 is 4.79 Å². The number of pyridine rings is 1. The molecule has 120 valence electrons. The van der Waals surface area contributed by atoms with Crippen molar-refractivity contribution in [2.75, 3.05) is 18.4 Å². The van der Waals surface area contributed by atoms with Crippen LogP contribution in [0.4, 0.5) is 5.69 Å². The van der Waals surface area contributed by atoms with Gasteiger partial charge in [-0.25, -0.2) is 0 Å². The van der Waals surface area contributed by atoms with Gasteiger partial charge in [-0.05, 0) is 62.3 Å². The number of aromatic nitrogens is 1. The second-order valence-electron chi connectivity index (χ2n) is 5.87. The van der Waals surface area contributed by atoms with Crippen LogP contribution in [0.5, 0.6) is 0 Å². The van der Waals surface area contributed by atoms with Crippen LogP contribution in [0.2, 0.25) is 0 Å². The van der Waals surface area contributed by atoms with Crippen LogP contribution in [0.1, 0.15) is 18.5 Å². The predicted molar refractivity (Wildman–Crippen MR) is 95.0 cm³/mol. The number of carbonyl (C=O) groups excluding carboxylic acids is 1. The number of halogens is 1. The Kier molecular flexibility index (Phi) is 5.41. The van der Waals surface area contributed by atoms with Crippen molar-refractivity contribution in [1.29, 1.82) is 0 Å². The summed E-state index contributed by atoms with van der Waals surface area (Å²) in [4.78, 5) is 19.1. The quantitative estimate of drug-likeness (QED) is 0.888. The van der Waals surface area contributed by atoms with Gasteiger partial charge in [0.05, 0.1) is 5.69 Å². The highest BCUT2D eigenvalue weighted by Crippen LogP contribution is 2.21. The molecule has 0 atom stereocenters. The fourth-order valence-corrected chi connectivity index (χ4v) is 3.12. The average molecular weight is 374 g/mol. The van der Waals surface area contributed by atoms with Crippen molar-refractivity contribution in [1.82, 2.24) is 9.88 Å². The Bertz CT molecular complexity index is 637. The zero-order chi connectivity index (χ0) is 16.1. The maximum absolute atomic E-state index is 12.4. The second kappa shape index (κ2) is 7.70. The molecule has 0 spiro atoms. The highest BCUT2D eigenvalue weighted by Gasteiger charge is 2.25. The molecule has 1 aromatic carbocycles. The third-order valence-corrected chi connectivity index (χ3v) is 4.71. The largest absolute Gasteiger partial charge is 0.326 e. The summed E-state index contributed by atoms with van der Waals surface area (Å²) >= 11 is 3.40. The summed E-state index contributed by atoms with van der Waals surface area (Å²) in [5.41, 5.74) is 1.94. The summed E-state index contributed by atoms with van der Waals surface area (Å²) in [5, 5.41) is 3.01. The first-order chi connectivity index (χ1) is 11.2. The SMILES string of the molecule is O=C(Nc1ccc(Br)cc1)C1CCN(Cc2ccccn2)CC1. The molecule has 3 rings (SSSR count). The normalized spacial score (nSPS) is 16.2. The van der Waals surface area contributed by atoms with Gasteiger partial charge in [0.1, 0.15) is 0 Å². The first kappa shape index (κ1) is 16.1. The number of hydrogen-bond acceptors (Lipinski definition) is 3. The molecule has 0 bridgehead atoms. The van der Waals surface area contributed by atoms with Gasteiger partial charge in [0.2, 0.25) is 5.91 Å². The third kappa shape index (κ3) is 4.62. The lowest BCUT2D eigenvalue weighted by Gasteiger charge is -2.31. The van der Waals surface area contributed by atoms with Crippen LogP contribution in [0, 0.1) is 5.92 Å². The molecule has 2 heterocycles. The van der Waals surface area contributed by atoms with Crippen LogP contribution in [0.15, 0.2) is 53.1 Å². The van der Waals surface area contributed by atoms with E-state index in [-0.39, 0.29) is 11.8 Å². The van der Waals surface area contributed by atoms with Crippen molar-refractivity contribution in [3.05, 3.63) is 58.8 Å². The van der Waals surface area contributed by atoms with E-state index in [1.807, 2.05) is 48.7 Å². The monoisotopic (exact) mass is 373 g/mol. The van der Waals surface area contributed by atoms with Crippen molar-refractivity contribution in [3.63, 3.8) is 0 Å². The Hall–Kier alpha value is -1.72. The predicted octanol–water partition coefficient (Wildman–Crippen LogP) is 3.69. The molecule has 1 N–H and O–H groups in total. The molecule has 0 radical (unpaired) electrons. The number of amides is 1. The standard InChI is InChI=1S/C18H20BrN3O/c19-15-4-6-16(7-5-15)21-18(23)14-8-11-22(12-9-14)13-17-3-1-2-10-20-17/h1-7,10,14H,8-9,11-13H2,(H,21,23). The highest BCUT2D eigenvalue weighted by atomic mass is 79.9. The Labute approximate surface area is 145 Å². The molecule has 0 saturated carbocycles. The van der Waals surface area contributed by atoms with Crippen LogP contribution in [-0.4, -0.2) is 28.9 Å². The van der Waals surface area contributed by atoms with Crippen molar-refractivity contribution >= 4 is 27.5 Å². The topological polar surface area (TPSA) is 45.2 Å². The lowest BCUT2D eigenvalue weighted by Crippen LogP contribution is -2.37. The highest BCUT2D eigenvalue weighted by molar-refractivity contribution is 9.10. The minimum absolute atomic E-state index is 0.0960. The first-order valence-corrected chi connectivity index (χ1v) is 8.69. The van der Waals surface area contributed by atoms with Gasteiger partial charge in [0.25, 0.3) is 0 Å². The lowest BCUT2D eigenvalue weighted by atomic mass is 9.95. The van der Waals surface area contributed by atoms with Gasteiger partial charge >= 0.3 is 0 Å². The lowest BCUT2D eigenvalue weighted by molar-refractivity contribution is -0.121. The Balaban J connectivity index is 1.48. The zero-order valence-corrected chi connectivity index (χ0v) is 14.5. The van der Waals surface area contributed by atoms with E-state index < -0.39 is 0 Å². The Morgan fingerprint density at radius 3 is 2.57 bits per heavy atom. The molecule has 1 aromatic heterocycles. The fraction of sp³-hybridized carbons (Fsp3) is 0.333. The zero-order valence-electron chi connectivity index (χ0n) is 12.9. The first-order valence-electron chi connectivity index (χ1n) is 7.89. The summed E-state index contributed by atoms with van der Waals surface area (Å²) in [6.07, 6.45) is 3.62. The smallest absolute Gasteiger partial charge is 0.227 e. The summed E-state index contributed by atoms with van der Waals surface area (Å²) < 4.78 is 1.01. The van der Waals surface area contributed by atoms with Crippen LogP contribution < -0.4 is 5.32 Å². The van der Waals surface area contributed by atoms with Crippen LogP contribution in [0.3, 0.4) is 0 Å². The minimum Gasteiger partial charge on any atom is -0.326 e. The summed E-state index contributed by atoms with van der Waals surface area (Å²) in [5.74, 6) is 0.225. The molecule has 1 amide bonds. The maximum atomic E-state index is 12.4. The van der Waals surface area contributed by atoms with Gasteiger partial charge in [-0.15, -0.1) is 0 Å². The number of likely N-dealkylation sites (tertiary alicyclic amines) is 1. The van der Waals surface area contributed by atoms with Gasteiger partial charge in [-0.3, -0.25) is 14.7 Å². The molecule has 1 aliphatic rings. The van der Waals surface area contributed by atoms with Crippen molar-refractivity contribution in [2.24, 2.45) is 5.92 Å². The van der Waals surface area contributed by atoms with E-state index in [1.165, 1.54) is 0 Å². The van der Waals surface area contributed by atoms with Gasteiger partial charge in [0.15, 0.2) is 0 Å². The Morgan fingerprint density at radius 1 is 1.17 bits per heavy atom. The molecule has 0 aliphatic carbocycles. The summed E-state index contributed by atoms with van der Waals surface area (Å²) in [7, 11) is 0. The van der Waals surface area contributed by atoms with E-state index in [2.05, 4.69) is 31.1 Å². The van der Waals surface area contributed by atoms with E-state index in [0.717, 1.165) is 48.3 Å². The number of rotatable bonds is 4. The molecule has 2 aromatic rings.